The summed E-state index contributed by atoms with van der Waals surface area (Å²) in [5.74, 6) is 0. The molecule has 0 aromatic heterocycles. The van der Waals surface area contributed by atoms with Crippen LogP contribution in [0, 0.1) is 11.3 Å². The molecular formula is C11H9BrClN. The third-order valence-corrected chi connectivity index (χ3v) is 4.29. The highest BCUT2D eigenvalue weighted by molar-refractivity contribution is 9.10. The van der Waals surface area contributed by atoms with Crippen LogP contribution >= 0.6 is 27.5 Å². The zero-order chi connectivity index (χ0) is 10.2. The SMILES string of the molecule is N#CC1(c2cccc(Cl)c2Br)CCC1. The molecule has 0 N–H and O–H groups in total. The summed E-state index contributed by atoms with van der Waals surface area (Å²) in [6.07, 6.45) is 3.03. The summed E-state index contributed by atoms with van der Waals surface area (Å²) < 4.78 is 0.878. The second-order valence-electron chi connectivity index (χ2n) is 3.65. The molecule has 1 nitrogen and oxygen atoms in total. The van der Waals surface area contributed by atoms with Crippen LogP contribution in [-0.2, 0) is 5.41 Å². The van der Waals surface area contributed by atoms with Gasteiger partial charge in [0.05, 0.1) is 16.5 Å². The molecule has 1 saturated carbocycles. The first kappa shape index (κ1) is 10.0. The summed E-state index contributed by atoms with van der Waals surface area (Å²) in [5.41, 5.74) is 0.753. The van der Waals surface area contributed by atoms with Crippen molar-refractivity contribution in [2.75, 3.05) is 0 Å². The van der Waals surface area contributed by atoms with Crippen molar-refractivity contribution in [2.24, 2.45) is 0 Å². The average molecular weight is 271 g/mol. The Labute approximate surface area is 96.8 Å². The quantitative estimate of drug-likeness (QED) is 0.755. The van der Waals surface area contributed by atoms with Gasteiger partial charge in [0.2, 0.25) is 0 Å². The molecule has 1 fully saturated rings. The minimum atomic E-state index is -0.288. The van der Waals surface area contributed by atoms with Gasteiger partial charge in [-0.2, -0.15) is 5.26 Å². The van der Waals surface area contributed by atoms with Crippen LogP contribution in [0.2, 0.25) is 5.02 Å². The normalized spacial score (nSPS) is 18.4. The molecular weight excluding hydrogens is 261 g/mol. The predicted octanol–water partition coefficient (Wildman–Crippen LogP) is 4.05. The average Bonchev–Trinajstić information content (AvgIpc) is 2.11. The number of hydrogen-bond donors (Lipinski definition) is 0. The lowest BCUT2D eigenvalue weighted by Gasteiger charge is -2.36. The highest BCUT2D eigenvalue weighted by Gasteiger charge is 2.40. The van der Waals surface area contributed by atoms with Crippen LogP contribution in [0.3, 0.4) is 0 Å². The minimum absolute atomic E-state index is 0.288. The molecule has 14 heavy (non-hydrogen) atoms. The fraction of sp³-hybridized carbons (Fsp3) is 0.364. The first-order chi connectivity index (χ1) is 6.69. The van der Waals surface area contributed by atoms with E-state index in [4.69, 9.17) is 11.6 Å². The first-order valence-electron chi connectivity index (χ1n) is 4.55. The molecule has 1 aliphatic carbocycles. The molecule has 3 heteroatoms. The maximum Gasteiger partial charge on any atom is 0.0833 e. The number of nitrogens with zero attached hydrogens (tertiary/aromatic N) is 1. The maximum absolute atomic E-state index is 9.19. The molecule has 2 rings (SSSR count). The predicted molar refractivity (Wildman–Crippen MR) is 60.3 cm³/mol. The molecule has 0 heterocycles. The van der Waals surface area contributed by atoms with Crippen LogP contribution in [0.1, 0.15) is 24.8 Å². The van der Waals surface area contributed by atoms with Crippen LogP contribution in [0.4, 0.5) is 0 Å². The summed E-state index contributed by atoms with van der Waals surface area (Å²) in [6, 6.07) is 8.13. The van der Waals surface area contributed by atoms with Crippen LogP contribution in [0.15, 0.2) is 22.7 Å². The van der Waals surface area contributed by atoms with E-state index in [9.17, 15) is 5.26 Å². The molecule has 0 spiro atoms. The third-order valence-electron chi connectivity index (χ3n) is 2.89. The van der Waals surface area contributed by atoms with Gasteiger partial charge in [-0.3, -0.25) is 0 Å². The highest BCUT2D eigenvalue weighted by atomic mass is 79.9. The lowest BCUT2D eigenvalue weighted by Crippen LogP contribution is -2.32. The molecule has 1 aromatic carbocycles. The van der Waals surface area contributed by atoms with Crippen molar-refractivity contribution in [3.05, 3.63) is 33.3 Å². The topological polar surface area (TPSA) is 23.8 Å². The van der Waals surface area contributed by atoms with Gasteiger partial charge < -0.3 is 0 Å². The lowest BCUT2D eigenvalue weighted by atomic mass is 9.65. The third kappa shape index (κ3) is 1.36. The van der Waals surface area contributed by atoms with Gasteiger partial charge in [0, 0.05) is 4.47 Å². The van der Waals surface area contributed by atoms with Crippen LogP contribution < -0.4 is 0 Å². The highest BCUT2D eigenvalue weighted by Crippen LogP contribution is 2.47. The lowest BCUT2D eigenvalue weighted by molar-refractivity contribution is 0.323. The van der Waals surface area contributed by atoms with Gasteiger partial charge in [-0.25, -0.2) is 0 Å². The second-order valence-corrected chi connectivity index (χ2v) is 4.85. The summed E-state index contributed by atoms with van der Waals surface area (Å²) in [5, 5.41) is 9.88. The minimum Gasteiger partial charge on any atom is -0.197 e. The molecule has 72 valence electrons. The van der Waals surface area contributed by atoms with Crippen molar-refractivity contribution in [3.63, 3.8) is 0 Å². The molecule has 1 aromatic rings. The number of hydrogen-bond acceptors (Lipinski definition) is 1. The Morgan fingerprint density at radius 1 is 1.43 bits per heavy atom. The second kappa shape index (κ2) is 3.56. The van der Waals surface area contributed by atoms with Gasteiger partial charge in [-0.05, 0) is 46.8 Å². The van der Waals surface area contributed by atoms with Gasteiger partial charge in [-0.15, -0.1) is 0 Å². The van der Waals surface area contributed by atoms with E-state index >= 15 is 0 Å². The van der Waals surface area contributed by atoms with E-state index < -0.39 is 0 Å². The first-order valence-corrected chi connectivity index (χ1v) is 5.72. The van der Waals surface area contributed by atoms with E-state index in [0.717, 1.165) is 29.3 Å². The molecule has 0 atom stereocenters. The fourth-order valence-electron chi connectivity index (χ4n) is 1.85. The van der Waals surface area contributed by atoms with Crippen LogP contribution in [0.25, 0.3) is 0 Å². The van der Waals surface area contributed by atoms with Crippen LogP contribution in [-0.4, -0.2) is 0 Å². The Hall–Kier alpha value is -0.520. The standard InChI is InChI=1S/C11H9BrClN/c12-10-8(3-1-4-9(10)13)11(7-14)5-2-6-11/h1,3-4H,2,5-6H2. The Bertz CT molecular complexity index is 404. The molecule has 0 bridgehead atoms. The van der Waals surface area contributed by atoms with Crippen molar-refractivity contribution < 1.29 is 0 Å². The van der Waals surface area contributed by atoms with Crippen molar-refractivity contribution in [3.8, 4) is 6.07 Å². The number of halogens is 2. The van der Waals surface area contributed by atoms with Gasteiger partial charge in [-0.1, -0.05) is 23.7 Å². The maximum atomic E-state index is 9.19. The van der Waals surface area contributed by atoms with Crippen molar-refractivity contribution in [1.29, 1.82) is 5.26 Å². The van der Waals surface area contributed by atoms with Gasteiger partial charge >= 0.3 is 0 Å². The van der Waals surface area contributed by atoms with E-state index in [1.165, 1.54) is 0 Å². The molecule has 0 aliphatic heterocycles. The van der Waals surface area contributed by atoms with E-state index in [0.29, 0.717) is 5.02 Å². The smallest absolute Gasteiger partial charge is 0.0833 e. The van der Waals surface area contributed by atoms with E-state index in [2.05, 4.69) is 22.0 Å². The van der Waals surface area contributed by atoms with Crippen LogP contribution in [0.5, 0.6) is 0 Å². The van der Waals surface area contributed by atoms with E-state index in [-0.39, 0.29) is 5.41 Å². The van der Waals surface area contributed by atoms with Gasteiger partial charge in [0.15, 0.2) is 0 Å². The van der Waals surface area contributed by atoms with Crippen molar-refractivity contribution in [2.45, 2.75) is 24.7 Å². The Morgan fingerprint density at radius 3 is 2.64 bits per heavy atom. The Balaban J connectivity index is 2.51. The fourth-order valence-corrected chi connectivity index (χ4v) is 2.66. The number of nitriles is 1. The van der Waals surface area contributed by atoms with Gasteiger partial charge in [0.25, 0.3) is 0 Å². The Kier molecular flexibility index (Phi) is 2.55. The summed E-state index contributed by atoms with van der Waals surface area (Å²) in [7, 11) is 0. The zero-order valence-corrected chi connectivity index (χ0v) is 9.90. The van der Waals surface area contributed by atoms with E-state index in [1.54, 1.807) is 0 Å². The summed E-state index contributed by atoms with van der Waals surface area (Å²) >= 11 is 9.45. The molecule has 0 unspecified atom stereocenters. The van der Waals surface area contributed by atoms with Crippen molar-refractivity contribution in [1.82, 2.24) is 0 Å². The van der Waals surface area contributed by atoms with E-state index in [1.807, 2.05) is 18.2 Å². The Morgan fingerprint density at radius 2 is 2.14 bits per heavy atom. The van der Waals surface area contributed by atoms with Crippen molar-refractivity contribution >= 4 is 27.5 Å². The zero-order valence-electron chi connectivity index (χ0n) is 7.56. The molecule has 0 radical (unpaired) electrons. The summed E-state index contributed by atoms with van der Waals surface area (Å²) in [4.78, 5) is 0. The number of rotatable bonds is 1. The largest absolute Gasteiger partial charge is 0.197 e. The van der Waals surface area contributed by atoms with Gasteiger partial charge in [0.1, 0.15) is 0 Å². The monoisotopic (exact) mass is 269 g/mol. The number of benzene rings is 1. The molecule has 1 aliphatic rings. The molecule has 0 saturated heterocycles. The summed E-state index contributed by atoms with van der Waals surface area (Å²) in [6.45, 7) is 0. The molecule has 0 amide bonds.